The summed E-state index contributed by atoms with van der Waals surface area (Å²) >= 11 is 0. The maximum Gasteiger partial charge on any atom is 0.224 e. The van der Waals surface area contributed by atoms with E-state index in [0.717, 1.165) is 6.29 Å². The number of nitrogens with zero attached hydrogens (tertiary/aromatic N) is 4. The van der Waals surface area contributed by atoms with E-state index in [4.69, 9.17) is 4.74 Å². The number of hydrogen-bond donors (Lipinski definition) is 0. The lowest BCUT2D eigenvalue weighted by Gasteiger charge is -2.06. The van der Waals surface area contributed by atoms with Gasteiger partial charge in [-0.15, -0.1) is 0 Å². The topological polar surface area (TPSA) is 69.9 Å². The minimum Gasteiger partial charge on any atom is -0.439 e. The Balaban J connectivity index is 1.83. The molecular formula is C14H10N4O2. The molecule has 2 heterocycles. The van der Waals surface area contributed by atoms with Gasteiger partial charge in [0.05, 0.1) is 0 Å². The lowest BCUT2D eigenvalue weighted by molar-refractivity contribution is 0.112. The lowest BCUT2D eigenvalue weighted by Crippen LogP contribution is -1.99. The first kappa shape index (κ1) is 12.0. The number of ether oxygens (including phenoxy) is 1. The Labute approximate surface area is 114 Å². The summed E-state index contributed by atoms with van der Waals surface area (Å²) in [6.45, 7) is 0. The Morgan fingerprint density at radius 1 is 1.15 bits per heavy atom. The molecule has 6 nitrogen and oxygen atoms in total. The second-order valence-electron chi connectivity index (χ2n) is 3.95. The van der Waals surface area contributed by atoms with Crippen molar-refractivity contribution in [1.82, 2.24) is 19.7 Å². The van der Waals surface area contributed by atoms with E-state index in [1.807, 2.05) is 0 Å². The molecule has 6 heteroatoms. The van der Waals surface area contributed by atoms with Crippen molar-refractivity contribution < 1.29 is 9.53 Å². The Bertz CT molecular complexity index is 708. The van der Waals surface area contributed by atoms with Gasteiger partial charge in [0.15, 0.2) is 5.82 Å². The lowest BCUT2D eigenvalue weighted by atomic mass is 10.2. The van der Waals surface area contributed by atoms with Crippen molar-refractivity contribution in [3.8, 4) is 17.4 Å². The zero-order valence-electron chi connectivity index (χ0n) is 10.4. The van der Waals surface area contributed by atoms with Gasteiger partial charge in [0.1, 0.15) is 18.4 Å². The first-order chi connectivity index (χ1) is 9.85. The summed E-state index contributed by atoms with van der Waals surface area (Å²) in [4.78, 5) is 18.7. The highest BCUT2D eigenvalue weighted by molar-refractivity contribution is 5.74. The first-order valence-corrected chi connectivity index (χ1v) is 5.90. The quantitative estimate of drug-likeness (QED) is 0.677. The van der Waals surface area contributed by atoms with Crippen molar-refractivity contribution in [3.05, 3.63) is 60.7 Å². The van der Waals surface area contributed by atoms with Gasteiger partial charge in [0.25, 0.3) is 0 Å². The minimum absolute atomic E-state index is 0.407. The molecule has 0 fully saturated rings. The molecule has 0 N–H and O–H groups in total. The number of carbonyl (C=O) groups is 1. The maximum absolute atomic E-state index is 10.6. The van der Waals surface area contributed by atoms with Crippen LogP contribution in [0.1, 0.15) is 10.4 Å². The largest absolute Gasteiger partial charge is 0.439 e. The number of hydrogen-bond acceptors (Lipinski definition) is 5. The van der Waals surface area contributed by atoms with Crippen molar-refractivity contribution in [2.24, 2.45) is 0 Å². The van der Waals surface area contributed by atoms with E-state index >= 15 is 0 Å². The molecule has 3 aromatic rings. The molecule has 3 rings (SSSR count). The van der Waals surface area contributed by atoms with E-state index in [1.54, 1.807) is 53.5 Å². The van der Waals surface area contributed by atoms with Crippen LogP contribution < -0.4 is 4.74 Å². The van der Waals surface area contributed by atoms with E-state index in [9.17, 15) is 4.79 Å². The third-order valence-electron chi connectivity index (χ3n) is 2.61. The van der Waals surface area contributed by atoms with Crippen molar-refractivity contribution >= 4 is 6.29 Å². The smallest absolute Gasteiger partial charge is 0.224 e. The fourth-order valence-electron chi connectivity index (χ4n) is 1.65. The van der Waals surface area contributed by atoms with Crippen molar-refractivity contribution in [2.75, 3.05) is 0 Å². The molecule has 0 aliphatic rings. The summed E-state index contributed by atoms with van der Waals surface area (Å²) in [5.41, 5.74) is 0.595. The maximum atomic E-state index is 10.6. The van der Waals surface area contributed by atoms with E-state index in [-0.39, 0.29) is 0 Å². The minimum atomic E-state index is 0.407. The average Bonchev–Trinajstić information content (AvgIpc) is 3.03. The second-order valence-corrected chi connectivity index (χ2v) is 3.95. The van der Waals surface area contributed by atoms with Gasteiger partial charge in [-0.3, -0.25) is 4.79 Å². The van der Waals surface area contributed by atoms with Crippen LogP contribution in [0.2, 0.25) is 0 Å². The summed E-state index contributed by atoms with van der Waals surface area (Å²) in [5.74, 6) is 1.62. The van der Waals surface area contributed by atoms with Gasteiger partial charge in [-0.05, 0) is 30.3 Å². The van der Waals surface area contributed by atoms with E-state index in [0.29, 0.717) is 23.0 Å². The molecular weight excluding hydrogens is 256 g/mol. The van der Waals surface area contributed by atoms with Gasteiger partial charge in [0.2, 0.25) is 5.88 Å². The molecule has 20 heavy (non-hydrogen) atoms. The highest BCUT2D eigenvalue weighted by atomic mass is 16.5. The van der Waals surface area contributed by atoms with Gasteiger partial charge in [-0.2, -0.15) is 5.10 Å². The third kappa shape index (κ3) is 2.54. The predicted molar refractivity (Wildman–Crippen MR) is 71.1 cm³/mol. The zero-order valence-corrected chi connectivity index (χ0v) is 10.4. The molecule has 0 saturated carbocycles. The second kappa shape index (κ2) is 5.31. The number of aromatic nitrogens is 4. The predicted octanol–water partition coefficient (Wildman–Crippen LogP) is 2.27. The van der Waals surface area contributed by atoms with Crippen LogP contribution in [-0.4, -0.2) is 26.0 Å². The van der Waals surface area contributed by atoms with Crippen LogP contribution in [0.5, 0.6) is 11.6 Å². The molecule has 0 radical (unpaired) electrons. The summed E-state index contributed by atoms with van der Waals surface area (Å²) < 4.78 is 7.22. The molecule has 0 saturated heterocycles. The molecule has 0 unspecified atom stereocenters. The molecule has 0 aliphatic carbocycles. The van der Waals surface area contributed by atoms with E-state index in [1.165, 1.54) is 6.33 Å². The van der Waals surface area contributed by atoms with Crippen LogP contribution in [0, 0.1) is 0 Å². The van der Waals surface area contributed by atoms with Gasteiger partial charge in [-0.1, -0.05) is 0 Å². The van der Waals surface area contributed by atoms with Crippen molar-refractivity contribution in [3.63, 3.8) is 0 Å². The fourth-order valence-corrected chi connectivity index (χ4v) is 1.65. The normalized spacial score (nSPS) is 10.2. The van der Waals surface area contributed by atoms with Gasteiger partial charge < -0.3 is 4.74 Å². The van der Waals surface area contributed by atoms with E-state index < -0.39 is 0 Å². The number of aldehydes is 1. The molecule has 1 aromatic carbocycles. The highest BCUT2D eigenvalue weighted by Crippen LogP contribution is 2.20. The first-order valence-electron chi connectivity index (χ1n) is 5.90. The number of benzene rings is 1. The molecule has 0 bridgehead atoms. The van der Waals surface area contributed by atoms with Gasteiger partial charge >= 0.3 is 0 Å². The van der Waals surface area contributed by atoms with Crippen LogP contribution in [0.15, 0.2) is 55.1 Å². The number of rotatable bonds is 4. The number of carbonyl (C=O) groups excluding carboxylic acids is 1. The van der Waals surface area contributed by atoms with Crippen LogP contribution in [-0.2, 0) is 0 Å². The molecule has 0 atom stereocenters. The molecule has 0 aliphatic heterocycles. The van der Waals surface area contributed by atoms with Crippen molar-refractivity contribution in [2.45, 2.75) is 0 Å². The molecule has 0 spiro atoms. The summed E-state index contributed by atoms with van der Waals surface area (Å²) in [7, 11) is 0. The SMILES string of the molecule is O=Cc1ccc(Oc2cc(-n3cccn3)ncn2)cc1. The summed E-state index contributed by atoms with van der Waals surface area (Å²) in [6, 6.07) is 10.3. The van der Waals surface area contributed by atoms with E-state index in [2.05, 4.69) is 15.1 Å². The van der Waals surface area contributed by atoms with Crippen LogP contribution >= 0.6 is 0 Å². The average molecular weight is 266 g/mol. The Hall–Kier alpha value is -3.02. The molecule has 2 aromatic heterocycles. The molecule has 0 amide bonds. The standard InChI is InChI=1S/C14H10N4O2/c19-9-11-2-4-12(5-3-11)20-14-8-13(15-10-16-14)18-7-1-6-17-18/h1-10H. The van der Waals surface area contributed by atoms with Crippen LogP contribution in [0.3, 0.4) is 0 Å². The zero-order chi connectivity index (χ0) is 13.8. The highest BCUT2D eigenvalue weighted by Gasteiger charge is 2.03. The fraction of sp³-hybridized carbons (Fsp3) is 0. The van der Waals surface area contributed by atoms with Crippen LogP contribution in [0.4, 0.5) is 0 Å². The van der Waals surface area contributed by atoms with Gasteiger partial charge in [-0.25, -0.2) is 14.6 Å². The van der Waals surface area contributed by atoms with Crippen LogP contribution in [0.25, 0.3) is 5.82 Å². The Kier molecular flexibility index (Phi) is 3.20. The summed E-state index contributed by atoms with van der Waals surface area (Å²) in [6.07, 6.45) is 5.64. The Morgan fingerprint density at radius 2 is 2.00 bits per heavy atom. The summed E-state index contributed by atoms with van der Waals surface area (Å²) in [5, 5.41) is 4.09. The monoisotopic (exact) mass is 266 g/mol. The van der Waals surface area contributed by atoms with Crippen molar-refractivity contribution in [1.29, 1.82) is 0 Å². The van der Waals surface area contributed by atoms with Gasteiger partial charge in [0, 0.05) is 24.0 Å². The Morgan fingerprint density at radius 3 is 2.70 bits per heavy atom. The third-order valence-corrected chi connectivity index (χ3v) is 2.61. The molecule has 98 valence electrons.